The molecule has 1 saturated heterocycles. The van der Waals surface area contributed by atoms with Gasteiger partial charge in [-0.15, -0.1) is 0 Å². The molecule has 1 aliphatic rings. The molecule has 2 heterocycles. The molecule has 0 N–H and O–H groups in total. The van der Waals surface area contributed by atoms with E-state index in [2.05, 4.69) is 5.10 Å². The Balaban J connectivity index is 1.52. The Labute approximate surface area is 195 Å². The van der Waals surface area contributed by atoms with Crippen LogP contribution in [0, 0.1) is 15.9 Å². The molecule has 1 aromatic heterocycles. The largest absolute Gasteiger partial charge is 0.336 e. The lowest BCUT2D eigenvalue weighted by Gasteiger charge is -2.33. The van der Waals surface area contributed by atoms with Crippen LogP contribution in [0.25, 0.3) is 5.69 Å². The normalized spacial score (nSPS) is 14.8. The molecule has 1 aliphatic heterocycles. The van der Waals surface area contributed by atoms with Gasteiger partial charge in [-0.25, -0.2) is 17.5 Å². The second kappa shape index (κ2) is 9.31. The van der Waals surface area contributed by atoms with Gasteiger partial charge >= 0.3 is 0 Å². The van der Waals surface area contributed by atoms with Crippen LogP contribution in [0.15, 0.2) is 59.6 Å². The Morgan fingerprint density at radius 2 is 1.74 bits per heavy atom. The molecule has 1 amide bonds. The van der Waals surface area contributed by atoms with Crippen molar-refractivity contribution in [3.8, 4) is 5.69 Å². The van der Waals surface area contributed by atoms with Crippen molar-refractivity contribution in [3.05, 3.63) is 81.9 Å². The molecule has 3 aromatic rings. The molecule has 10 nitrogen and oxygen atoms in total. The fourth-order valence-electron chi connectivity index (χ4n) is 3.96. The zero-order valence-electron chi connectivity index (χ0n) is 18.3. The number of nitro groups is 1. The van der Waals surface area contributed by atoms with Gasteiger partial charge in [0.05, 0.1) is 28.1 Å². The number of amides is 1. The van der Waals surface area contributed by atoms with Crippen LogP contribution < -0.4 is 0 Å². The molecular weight excluding hydrogens is 465 g/mol. The van der Waals surface area contributed by atoms with E-state index in [4.69, 9.17) is 0 Å². The van der Waals surface area contributed by atoms with Crippen molar-refractivity contribution in [2.45, 2.75) is 18.2 Å². The molecule has 0 spiro atoms. The topological polar surface area (TPSA) is 119 Å². The monoisotopic (exact) mass is 487 g/mol. The highest BCUT2D eigenvalue weighted by Gasteiger charge is 2.35. The van der Waals surface area contributed by atoms with Crippen LogP contribution >= 0.6 is 0 Å². The van der Waals surface area contributed by atoms with Gasteiger partial charge in [-0.1, -0.05) is 19.1 Å². The fraction of sp³-hybridized carbons (Fsp3) is 0.273. The second-order valence-electron chi connectivity index (χ2n) is 7.67. The maximum absolute atomic E-state index is 13.3. The number of carbonyl (C=O) groups excluding carboxylic acids is 1. The standard InChI is InChI=1S/C22H22FN5O5S/c1-2-19-18(15-24-27(19)17-9-7-16(23)8-10-17)22(29)25-11-13-26(14-12-25)34(32,33)21-6-4-3-5-20(21)28(30)31/h3-10,15H,2,11-14H2,1H3. The maximum atomic E-state index is 13.3. The summed E-state index contributed by atoms with van der Waals surface area (Å²) in [5, 5.41) is 15.6. The third kappa shape index (κ3) is 4.29. The lowest BCUT2D eigenvalue weighted by Crippen LogP contribution is -2.50. The van der Waals surface area contributed by atoms with Gasteiger partial charge in [0.1, 0.15) is 5.82 Å². The number of nitrogens with zero attached hydrogens (tertiary/aromatic N) is 5. The van der Waals surface area contributed by atoms with Gasteiger partial charge < -0.3 is 4.90 Å². The van der Waals surface area contributed by atoms with Crippen LogP contribution in [0.3, 0.4) is 0 Å². The van der Waals surface area contributed by atoms with Gasteiger partial charge in [-0.2, -0.15) is 9.40 Å². The van der Waals surface area contributed by atoms with E-state index >= 15 is 0 Å². The van der Waals surface area contributed by atoms with E-state index in [0.29, 0.717) is 23.4 Å². The second-order valence-corrected chi connectivity index (χ2v) is 9.57. The lowest BCUT2D eigenvalue weighted by atomic mass is 10.1. The van der Waals surface area contributed by atoms with Crippen molar-refractivity contribution >= 4 is 21.6 Å². The third-order valence-electron chi connectivity index (χ3n) is 5.71. The number of piperazine rings is 1. The average molecular weight is 488 g/mol. The van der Waals surface area contributed by atoms with Crippen LogP contribution in [-0.4, -0.2) is 64.4 Å². The molecule has 34 heavy (non-hydrogen) atoms. The molecule has 12 heteroatoms. The first-order valence-corrected chi connectivity index (χ1v) is 12.0. The first-order chi connectivity index (χ1) is 16.2. The van der Waals surface area contributed by atoms with Crippen molar-refractivity contribution in [2.75, 3.05) is 26.2 Å². The molecule has 0 aliphatic carbocycles. The molecule has 2 aromatic carbocycles. The summed E-state index contributed by atoms with van der Waals surface area (Å²) in [6, 6.07) is 11.0. The minimum Gasteiger partial charge on any atom is -0.336 e. The predicted octanol–water partition coefficient (Wildman–Crippen LogP) is 2.63. The summed E-state index contributed by atoms with van der Waals surface area (Å²) in [4.78, 5) is 24.9. The molecule has 0 saturated carbocycles. The minimum atomic E-state index is -4.09. The highest BCUT2D eigenvalue weighted by molar-refractivity contribution is 7.89. The Kier molecular flexibility index (Phi) is 6.44. The number of para-hydroxylation sites is 1. The van der Waals surface area contributed by atoms with Gasteiger partial charge in [-0.05, 0) is 36.8 Å². The Hall–Kier alpha value is -3.64. The van der Waals surface area contributed by atoms with E-state index in [0.717, 1.165) is 10.4 Å². The van der Waals surface area contributed by atoms with E-state index in [1.807, 2.05) is 6.92 Å². The first-order valence-electron chi connectivity index (χ1n) is 10.6. The van der Waals surface area contributed by atoms with Crippen LogP contribution in [-0.2, 0) is 16.4 Å². The van der Waals surface area contributed by atoms with E-state index in [9.17, 15) is 27.7 Å². The van der Waals surface area contributed by atoms with E-state index in [1.54, 1.807) is 16.8 Å². The first kappa shape index (κ1) is 23.5. The number of nitro benzene ring substituents is 1. The Morgan fingerprint density at radius 3 is 2.35 bits per heavy atom. The van der Waals surface area contributed by atoms with Crippen LogP contribution in [0.4, 0.5) is 10.1 Å². The SMILES string of the molecule is CCc1c(C(=O)N2CCN(S(=O)(=O)c3ccccc3[N+](=O)[O-])CC2)cnn1-c1ccc(F)cc1. The third-order valence-corrected chi connectivity index (χ3v) is 7.66. The predicted molar refractivity (Wildman–Crippen MR) is 121 cm³/mol. The zero-order chi connectivity index (χ0) is 24.5. The maximum Gasteiger partial charge on any atom is 0.289 e. The number of halogens is 1. The van der Waals surface area contributed by atoms with Crippen molar-refractivity contribution in [3.63, 3.8) is 0 Å². The van der Waals surface area contributed by atoms with Gasteiger partial charge in [0, 0.05) is 32.2 Å². The Morgan fingerprint density at radius 1 is 1.09 bits per heavy atom. The zero-order valence-corrected chi connectivity index (χ0v) is 19.1. The highest BCUT2D eigenvalue weighted by atomic mass is 32.2. The van der Waals surface area contributed by atoms with Crippen molar-refractivity contribution < 1.29 is 22.5 Å². The van der Waals surface area contributed by atoms with Crippen LogP contribution in [0.5, 0.6) is 0 Å². The van der Waals surface area contributed by atoms with Crippen molar-refractivity contribution in [1.82, 2.24) is 19.0 Å². The number of sulfonamides is 1. The lowest BCUT2D eigenvalue weighted by molar-refractivity contribution is -0.387. The van der Waals surface area contributed by atoms with Crippen molar-refractivity contribution in [1.29, 1.82) is 0 Å². The van der Waals surface area contributed by atoms with Gasteiger partial charge in [0.25, 0.3) is 11.6 Å². The number of aromatic nitrogens is 2. The van der Waals surface area contributed by atoms with Crippen LogP contribution in [0.2, 0.25) is 0 Å². The van der Waals surface area contributed by atoms with Crippen molar-refractivity contribution in [2.24, 2.45) is 0 Å². The molecule has 4 rings (SSSR count). The summed E-state index contributed by atoms with van der Waals surface area (Å²) >= 11 is 0. The van der Waals surface area contributed by atoms with Gasteiger partial charge in [0.15, 0.2) is 4.90 Å². The number of carbonyl (C=O) groups is 1. The van der Waals surface area contributed by atoms with E-state index in [1.165, 1.54) is 41.4 Å². The number of benzene rings is 2. The molecule has 1 fully saturated rings. The molecule has 178 valence electrons. The minimum absolute atomic E-state index is 0.00762. The average Bonchev–Trinajstić information content (AvgIpc) is 3.28. The summed E-state index contributed by atoms with van der Waals surface area (Å²) in [6.45, 7) is 2.15. The molecule has 0 bridgehead atoms. The number of hydrogen-bond donors (Lipinski definition) is 0. The summed E-state index contributed by atoms with van der Waals surface area (Å²) in [5.74, 6) is -0.660. The molecule has 0 atom stereocenters. The smallest absolute Gasteiger partial charge is 0.289 e. The highest BCUT2D eigenvalue weighted by Crippen LogP contribution is 2.27. The van der Waals surface area contributed by atoms with E-state index in [-0.39, 0.29) is 42.8 Å². The van der Waals surface area contributed by atoms with E-state index < -0.39 is 20.6 Å². The summed E-state index contributed by atoms with van der Waals surface area (Å²) in [5.41, 5.74) is 1.19. The Bertz CT molecular complexity index is 1330. The quantitative estimate of drug-likeness (QED) is 0.390. The number of hydrogen-bond acceptors (Lipinski definition) is 6. The summed E-state index contributed by atoms with van der Waals surface area (Å²) < 4.78 is 42.1. The number of rotatable bonds is 6. The fourth-order valence-corrected chi connectivity index (χ4v) is 5.54. The molecule has 0 unspecified atom stereocenters. The van der Waals surface area contributed by atoms with Crippen LogP contribution in [0.1, 0.15) is 23.0 Å². The van der Waals surface area contributed by atoms with Gasteiger partial charge in [0.2, 0.25) is 10.0 Å². The van der Waals surface area contributed by atoms with Gasteiger partial charge in [-0.3, -0.25) is 14.9 Å². The summed E-state index contributed by atoms with van der Waals surface area (Å²) in [7, 11) is -4.09. The molecule has 0 radical (unpaired) electrons. The molecular formula is C22H22FN5O5S. The summed E-state index contributed by atoms with van der Waals surface area (Å²) in [6.07, 6.45) is 1.96.